The molecule has 0 radical (unpaired) electrons. The Morgan fingerprint density at radius 3 is 2.89 bits per heavy atom. The average Bonchev–Trinajstić information content (AvgIpc) is 3.19. The van der Waals surface area contributed by atoms with Gasteiger partial charge in [-0.15, -0.1) is 5.10 Å². The van der Waals surface area contributed by atoms with Crippen molar-refractivity contribution >= 4 is 11.6 Å². The van der Waals surface area contributed by atoms with E-state index in [-0.39, 0.29) is 16.8 Å². The smallest absolute Gasteiger partial charge is 0.285 e. The summed E-state index contributed by atoms with van der Waals surface area (Å²) < 4.78 is 19.2. The number of H-pyrrole nitrogens is 1. The van der Waals surface area contributed by atoms with E-state index >= 15 is 0 Å². The molecule has 0 saturated heterocycles. The molecule has 19 heavy (non-hydrogen) atoms. The van der Waals surface area contributed by atoms with Gasteiger partial charge in [-0.05, 0) is 24.8 Å². The molecule has 1 fully saturated rings. The number of rotatable bonds is 3. The fourth-order valence-electron chi connectivity index (χ4n) is 1.89. The number of nitrogens with zero attached hydrogens (tertiary/aromatic N) is 1. The van der Waals surface area contributed by atoms with E-state index in [1.54, 1.807) is 12.1 Å². The lowest BCUT2D eigenvalue weighted by atomic mass is 10.1. The molecule has 2 aromatic rings. The summed E-state index contributed by atoms with van der Waals surface area (Å²) in [4.78, 5) is 11.6. The lowest BCUT2D eigenvalue weighted by Crippen LogP contribution is -2.08. The minimum atomic E-state index is -0.499. The lowest BCUT2D eigenvalue weighted by Gasteiger charge is -2.10. The topological polar surface area (TPSA) is 55.0 Å². The Hall–Kier alpha value is -1.88. The van der Waals surface area contributed by atoms with Crippen LogP contribution in [-0.2, 0) is 0 Å². The molecule has 0 spiro atoms. The fraction of sp³-hybridized carbons (Fsp3) is 0.231. The molecule has 0 amide bonds. The van der Waals surface area contributed by atoms with Gasteiger partial charge in [-0.1, -0.05) is 23.7 Å². The number of aromatic nitrogens is 2. The van der Waals surface area contributed by atoms with Crippen LogP contribution in [0.1, 0.15) is 24.3 Å². The Morgan fingerprint density at radius 1 is 1.42 bits per heavy atom. The molecular formula is C13H10ClFN2O2. The number of hydrogen-bond acceptors (Lipinski definition) is 3. The van der Waals surface area contributed by atoms with Gasteiger partial charge in [0.25, 0.3) is 5.88 Å². The SMILES string of the molecule is O=c1cc(Cl)[nH]nc1Oc1c(F)cccc1C1CC1. The van der Waals surface area contributed by atoms with E-state index in [0.29, 0.717) is 5.92 Å². The largest absolute Gasteiger partial charge is 0.431 e. The third-order valence-electron chi connectivity index (χ3n) is 2.95. The van der Waals surface area contributed by atoms with Gasteiger partial charge < -0.3 is 4.74 Å². The van der Waals surface area contributed by atoms with Crippen molar-refractivity contribution in [1.82, 2.24) is 10.2 Å². The van der Waals surface area contributed by atoms with Crippen molar-refractivity contribution in [1.29, 1.82) is 0 Å². The molecule has 1 aliphatic rings. The van der Waals surface area contributed by atoms with E-state index in [1.807, 2.05) is 0 Å². The Bertz CT molecular complexity index is 683. The van der Waals surface area contributed by atoms with Crippen LogP contribution in [0.4, 0.5) is 4.39 Å². The Morgan fingerprint density at radius 2 is 2.21 bits per heavy atom. The summed E-state index contributed by atoms with van der Waals surface area (Å²) in [6.07, 6.45) is 2.01. The van der Waals surface area contributed by atoms with Gasteiger partial charge in [0.15, 0.2) is 11.6 Å². The van der Waals surface area contributed by atoms with Gasteiger partial charge in [-0.25, -0.2) is 4.39 Å². The number of benzene rings is 1. The quantitative estimate of drug-likeness (QED) is 0.939. The second kappa shape index (κ2) is 4.66. The van der Waals surface area contributed by atoms with Crippen LogP contribution in [0.15, 0.2) is 29.1 Å². The maximum atomic E-state index is 13.8. The number of nitrogens with one attached hydrogen (secondary N) is 1. The van der Waals surface area contributed by atoms with Crippen LogP contribution in [0.3, 0.4) is 0 Å². The van der Waals surface area contributed by atoms with Gasteiger partial charge in [-0.2, -0.15) is 0 Å². The molecule has 1 saturated carbocycles. The van der Waals surface area contributed by atoms with Crippen molar-refractivity contribution in [3.8, 4) is 11.6 Å². The van der Waals surface area contributed by atoms with Crippen LogP contribution < -0.4 is 10.2 Å². The van der Waals surface area contributed by atoms with Crippen molar-refractivity contribution in [3.63, 3.8) is 0 Å². The van der Waals surface area contributed by atoms with Crippen molar-refractivity contribution in [2.24, 2.45) is 0 Å². The van der Waals surface area contributed by atoms with Gasteiger partial charge >= 0.3 is 0 Å². The third-order valence-corrected chi connectivity index (χ3v) is 3.14. The number of para-hydroxylation sites is 1. The standard InChI is InChI=1S/C13H10ClFN2O2/c14-11-6-10(18)13(17-16-11)19-12-8(7-4-5-7)2-1-3-9(12)15/h1-3,6-7H,4-5H2,(H,16,18). The van der Waals surface area contributed by atoms with Gasteiger partial charge in [0.1, 0.15) is 5.15 Å². The number of hydrogen-bond donors (Lipinski definition) is 1. The van der Waals surface area contributed by atoms with E-state index in [1.165, 1.54) is 6.07 Å². The predicted octanol–water partition coefficient (Wildman–Crippen LogP) is 3.23. The van der Waals surface area contributed by atoms with Crippen molar-refractivity contribution in [2.45, 2.75) is 18.8 Å². The molecule has 0 unspecified atom stereocenters. The minimum Gasteiger partial charge on any atom is -0.431 e. The molecule has 0 aliphatic heterocycles. The molecule has 1 N–H and O–H groups in total. The molecule has 3 rings (SSSR count). The molecule has 4 nitrogen and oxygen atoms in total. The Balaban J connectivity index is 2.01. The highest BCUT2D eigenvalue weighted by atomic mass is 35.5. The van der Waals surface area contributed by atoms with Crippen LogP contribution in [-0.4, -0.2) is 10.2 Å². The molecular weight excluding hydrogens is 271 g/mol. The second-order valence-corrected chi connectivity index (χ2v) is 4.83. The molecule has 1 heterocycles. The molecule has 1 aromatic heterocycles. The predicted molar refractivity (Wildman–Crippen MR) is 68.3 cm³/mol. The van der Waals surface area contributed by atoms with E-state index < -0.39 is 11.2 Å². The van der Waals surface area contributed by atoms with E-state index in [4.69, 9.17) is 16.3 Å². The van der Waals surface area contributed by atoms with Crippen LogP contribution in [0.5, 0.6) is 11.6 Å². The van der Waals surface area contributed by atoms with E-state index in [0.717, 1.165) is 24.5 Å². The summed E-state index contributed by atoms with van der Waals surface area (Å²) in [5.41, 5.74) is 0.282. The highest BCUT2D eigenvalue weighted by molar-refractivity contribution is 6.29. The first-order valence-electron chi connectivity index (χ1n) is 5.86. The van der Waals surface area contributed by atoms with Crippen molar-refractivity contribution in [2.75, 3.05) is 0 Å². The average molecular weight is 281 g/mol. The van der Waals surface area contributed by atoms with Gasteiger partial charge in [-0.3, -0.25) is 9.89 Å². The van der Waals surface area contributed by atoms with Crippen molar-refractivity contribution in [3.05, 3.63) is 51.0 Å². The van der Waals surface area contributed by atoms with Crippen LogP contribution in [0.25, 0.3) is 0 Å². The normalized spacial score (nSPS) is 14.4. The summed E-state index contributed by atoms with van der Waals surface area (Å²) in [5.74, 6) is -0.334. The fourth-order valence-corrected chi connectivity index (χ4v) is 2.03. The lowest BCUT2D eigenvalue weighted by molar-refractivity contribution is 0.413. The summed E-state index contributed by atoms with van der Waals surface area (Å²) in [6, 6.07) is 5.88. The summed E-state index contributed by atoms with van der Waals surface area (Å²) in [6.45, 7) is 0. The van der Waals surface area contributed by atoms with Crippen molar-refractivity contribution < 1.29 is 9.13 Å². The highest BCUT2D eigenvalue weighted by Gasteiger charge is 2.28. The number of aromatic amines is 1. The zero-order chi connectivity index (χ0) is 13.4. The minimum absolute atomic E-state index is 0.0744. The summed E-state index contributed by atoms with van der Waals surface area (Å²) in [7, 11) is 0. The zero-order valence-electron chi connectivity index (χ0n) is 9.82. The first kappa shape index (κ1) is 12.2. The Labute approximate surface area is 113 Å². The van der Waals surface area contributed by atoms with Gasteiger partial charge in [0.05, 0.1) is 0 Å². The first-order valence-corrected chi connectivity index (χ1v) is 6.24. The maximum Gasteiger partial charge on any atom is 0.285 e. The summed E-state index contributed by atoms with van der Waals surface area (Å²) >= 11 is 5.60. The van der Waals surface area contributed by atoms with Gasteiger partial charge in [0, 0.05) is 11.6 Å². The van der Waals surface area contributed by atoms with E-state index in [9.17, 15) is 9.18 Å². The number of halogens is 2. The molecule has 6 heteroatoms. The molecule has 1 aromatic carbocycles. The summed E-state index contributed by atoms with van der Waals surface area (Å²) in [5, 5.41) is 6.19. The molecule has 0 atom stereocenters. The van der Waals surface area contributed by atoms with E-state index in [2.05, 4.69) is 10.2 Å². The molecule has 98 valence electrons. The number of ether oxygens (including phenoxy) is 1. The molecule has 0 bridgehead atoms. The van der Waals surface area contributed by atoms with Gasteiger partial charge in [0.2, 0.25) is 5.43 Å². The molecule has 1 aliphatic carbocycles. The third kappa shape index (κ3) is 2.46. The zero-order valence-corrected chi connectivity index (χ0v) is 10.6. The highest BCUT2D eigenvalue weighted by Crippen LogP contribution is 2.45. The van der Waals surface area contributed by atoms with Crippen LogP contribution in [0, 0.1) is 5.82 Å². The first-order chi connectivity index (χ1) is 9.15. The maximum absolute atomic E-state index is 13.8. The second-order valence-electron chi connectivity index (χ2n) is 4.42. The van der Waals surface area contributed by atoms with Crippen LogP contribution >= 0.6 is 11.6 Å². The monoisotopic (exact) mass is 280 g/mol. The Kier molecular flexibility index (Phi) is 2.98. The van der Waals surface area contributed by atoms with Crippen LogP contribution in [0.2, 0.25) is 5.15 Å².